The van der Waals surface area contributed by atoms with Gasteiger partial charge in [0, 0.05) is 17.8 Å². The van der Waals surface area contributed by atoms with Gasteiger partial charge in [0.25, 0.3) is 15.9 Å². The summed E-state index contributed by atoms with van der Waals surface area (Å²) in [5.41, 5.74) is 0.712. The number of carbonyl (C=O) groups excluding carboxylic acids is 1. The molecule has 0 atom stereocenters. The summed E-state index contributed by atoms with van der Waals surface area (Å²) in [6, 6.07) is 17.0. The number of carbonyl (C=O) groups is 1. The third kappa shape index (κ3) is 4.63. The van der Waals surface area contributed by atoms with E-state index in [2.05, 4.69) is 10.0 Å². The fraction of sp³-hybridized carbons (Fsp3) is 0.125. The van der Waals surface area contributed by atoms with Crippen LogP contribution in [0.2, 0.25) is 0 Å². The zero-order valence-corrected chi connectivity index (χ0v) is 20.2. The summed E-state index contributed by atoms with van der Waals surface area (Å²) in [5, 5.41) is 6.05. The van der Waals surface area contributed by atoms with Crippen LogP contribution in [-0.2, 0) is 10.0 Å². The second kappa shape index (κ2) is 9.62. The fourth-order valence-corrected chi connectivity index (χ4v) is 5.54. The Morgan fingerprint density at radius 3 is 2.06 bits per heavy atom. The van der Waals surface area contributed by atoms with E-state index in [-0.39, 0.29) is 15.5 Å². The smallest absolute Gasteiger partial charge is 0.271 e. The number of hydrogen-bond acceptors (Lipinski definition) is 7. The molecule has 8 nitrogen and oxygen atoms in total. The highest BCUT2D eigenvalue weighted by atomic mass is 32.2. The number of amides is 1. The monoisotopic (exact) mass is 498 g/mol. The number of hydrogen-bond donors (Lipinski definition) is 2. The summed E-state index contributed by atoms with van der Waals surface area (Å²) in [7, 11) is 0.572. The minimum Gasteiger partial charge on any atom is -0.493 e. The van der Waals surface area contributed by atoms with Gasteiger partial charge < -0.3 is 19.5 Å². The molecule has 0 aliphatic carbocycles. The Labute approximate surface area is 201 Å². The zero-order valence-electron chi connectivity index (χ0n) is 18.6. The number of nitrogens with one attached hydrogen (secondary N) is 2. The molecule has 1 amide bonds. The summed E-state index contributed by atoms with van der Waals surface area (Å²) < 4.78 is 44.5. The Bertz CT molecular complexity index is 1420. The van der Waals surface area contributed by atoms with E-state index in [0.717, 1.165) is 22.1 Å². The van der Waals surface area contributed by atoms with Crippen LogP contribution in [0.5, 0.6) is 17.2 Å². The zero-order chi connectivity index (χ0) is 24.3. The van der Waals surface area contributed by atoms with E-state index in [1.165, 1.54) is 27.4 Å². The molecule has 1 aromatic heterocycles. The normalized spacial score (nSPS) is 11.1. The summed E-state index contributed by atoms with van der Waals surface area (Å²) >= 11 is 1.09. The summed E-state index contributed by atoms with van der Waals surface area (Å²) in [4.78, 5) is 13.3. The maximum absolute atomic E-state index is 13.3. The minimum atomic E-state index is -3.87. The van der Waals surface area contributed by atoms with Gasteiger partial charge in [-0.2, -0.15) is 0 Å². The SMILES string of the molecule is COc1cc(NC(=O)c2cc3ccccc3cc2NS(=O)(=O)c2cccs2)cc(OC)c1OC. The third-order valence-electron chi connectivity index (χ3n) is 5.06. The molecule has 4 rings (SSSR count). The van der Waals surface area contributed by atoms with Crippen molar-refractivity contribution in [1.29, 1.82) is 0 Å². The van der Waals surface area contributed by atoms with Crippen LogP contribution in [0.4, 0.5) is 11.4 Å². The molecule has 0 fully saturated rings. The summed E-state index contributed by atoms with van der Waals surface area (Å²) in [6.45, 7) is 0. The van der Waals surface area contributed by atoms with Crippen LogP contribution in [0.3, 0.4) is 0 Å². The van der Waals surface area contributed by atoms with Crippen LogP contribution in [0.25, 0.3) is 10.8 Å². The number of methoxy groups -OCH3 is 3. The molecule has 0 radical (unpaired) electrons. The number of ether oxygens (including phenoxy) is 3. The lowest BCUT2D eigenvalue weighted by molar-refractivity contribution is 0.102. The van der Waals surface area contributed by atoms with Crippen molar-refractivity contribution < 1.29 is 27.4 Å². The molecule has 176 valence electrons. The van der Waals surface area contributed by atoms with Gasteiger partial charge in [-0.05, 0) is 34.4 Å². The Morgan fingerprint density at radius 1 is 0.853 bits per heavy atom. The van der Waals surface area contributed by atoms with Gasteiger partial charge in [0.1, 0.15) is 4.21 Å². The maximum Gasteiger partial charge on any atom is 0.271 e. The largest absolute Gasteiger partial charge is 0.493 e. The lowest BCUT2D eigenvalue weighted by Gasteiger charge is -2.16. The van der Waals surface area contributed by atoms with Crippen molar-refractivity contribution in [1.82, 2.24) is 0 Å². The van der Waals surface area contributed by atoms with Crippen molar-refractivity contribution in [2.24, 2.45) is 0 Å². The van der Waals surface area contributed by atoms with Crippen LogP contribution in [0.1, 0.15) is 10.4 Å². The molecule has 0 aliphatic heterocycles. The molecule has 0 aliphatic rings. The van der Waals surface area contributed by atoms with Gasteiger partial charge in [-0.1, -0.05) is 30.3 Å². The first kappa shape index (κ1) is 23.4. The van der Waals surface area contributed by atoms with Crippen molar-refractivity contribution in [2.75, 3.05) is 31.4 Å². The van der Waals surface area contributed by atoms with E-state index in [9.17, 15) is 13.2 Å². The molecule has 3 aromatic carbocycles. The highest BCUT2D eigenvalue weighted by Gasteiger charge is 2.22. The molecule has 4 aromatic rings. The molecule has 2 N–H and O–H groups in total. The van der Waals surface area contributed by atoms with Crippen LogP contribution in [0, 0.1) is 0 Å². The fourth-order valence-electron chi connectivity index (χ4n) is 3.48. The first-order valence-electron chi connectivity index (χ1n) is 10.1. The molecule has 34 heavy (non-hydrogen) atoms. The molecule has 0 unspecified atom stereocenters. The van der Waals surface area contributed by atoms with Gasteiger partial charge in [0.15, 0.2) is 11.5 Å². The van der Waals surface area contributed by atoms with Gasteiger partial charge in [-0.3, -0.25) is 9.52 Å². The predicted octanol–water partition coefficient (Wildman–Crippen LogP) is 4.98. The minimum absolute atomic E-state index is 0.150. The van der Waals surface area contributed by atoms with Gasteiger partial charge in [0.05, 0.1) is 32.6 Å². The number of benzene rings is 3. The number of thiophene rings is 1. The Hall–Kier alpha value is -3.76. The maximum atomic E-state index is 13.3. The van der Waals surface area contributed by atoms with Crippen molar-refractivity contribution in [3.8, 4) is 17.2 Å². The summed E-state index contributed by atoms with van der Waals surface area (Å²) in [5.74, 6) is 0.616. The van der Waals surface area contributed by atoms with Gasteiger partial charge in [-0.25, -0.2) is 8.42 Å². The standard InChI is InChI=1S/C24H22N2O6S2/c1-30-20-13-17(14-21(31-2)23(20)32-3)25-24(27)18-11-15-7-4-5-8-16(15)12-19(18)26-34(28,29)22-9-6-10-33-22/h4-14,26H,1-3H3,(H,25,27). The first-order chi connectivity index (χ1) is 16.4. The molecular weight excluding hydrogens is 476 g/mol. The number of sulfonamides is 1. The van der Waals surface area contributed by atoms with Crippen LogP contribution in [-0.4, -0.2) is 35.7 Å². The van der Waals surface area contributed by atoms with E-state index < -0.39 is 15.9 Å². The average Bonchev–Trinajstić information content (AvgIpc) is 3.39. The van der Waals surface area contributed by atoms with Crippen molar-refractivity contribution in [2.45, 2.75) is 4.21 Å². The molecule has 0 spiro atoms. The average molecular weight is 499 g/mol. The number of fused-ring (bicyclic) bond motifs is 1. The Balaban J connectivity index is 1.76. The Kier molecular flexibility index (Phi) is 6.62. The van der Waals surface area contributed by atoms with Crippen LogP contribution < -0.4 is 24.2 Å². The molecule has 1 heterocycles. The number of rotatable bonds is 8. The molecule has 0 saturated carbocycles. The molecule has 10 heteroatoms. The van der Waals surface area contributed by atoms with E-state index in [4.69, 9.17) is 14.2 Å². The van der Waals surface area contributed by atoms with E-state index >= 15 is 0 Å². The van der Waals surface area contributed by atoms with Crippen LogP contribution in [0.15, 0.2) is 70.3 Å². The lowest BCUT2D eigenvalue weighted by atomic mass is 10.0. The topological polar surface area (TPSA) is 103 Å². The second-order valence-electron chi connectivity index (χ2n) is 7.15. The van der Waals surface area contributed by atoms with Gasteiger partial charge in [0.2, 0.25) is 5.75 Å². The lowest BCUT2D eigenvalue weighted by Crippen LogP contribution is -2.18. The van der Waals surface area contributed by atoms with E-state index in [1.807, 2.05) is 24.3 Å². The second-order valence-corrected chi connectivity index (χ2v) is 10.0. The first-order valence-corrected chi connectivity index (χ1v) is 12.4. The van der Waals surface area contributed by atoms with Gasteiger partial charge in [-0.15, -0.1) is 11.3 Å². The number of anilines is 2. The van der Waals surface area contributed by atoms with Crippen molar-refractivity contribution >= 4 is 49.4 Å². The predicted molar refractivity (Wildman–Crippen MR) is 133 cm³/mol. The van der Waals surface area contributed by atoms with E-state index in [0.29, 0.717) is 22.9 Å². The van der Waals surface area contributed by atoms with Crippen molar-refractivity contribution in [3.05, 3.63) is 71.6 Å². The molecule has 0 saturated heterocycles. The van der Waals surface area contributed by atoms with Crippen molar-refractivity contribution in [3.63, 3.8) is 0 Å². The van der Waals surface area contributed by atoms with Gasteiger partial charge >= 0.3 is 0 Å². The quantitative estimate of drug-likeness (QED) is 0.355. The van der Waals surface area contributed by atoms with Crippen LogP contribution >= 0.6 is 11.3 Å². The Morgan fingerprint density at radius 2 is 1.50 bits per heavy atom. The highest BCUT2D eigenvalue weighted by Crippen LogP contribution is 2.40. The summed E-state index contributed by atoms with van der Waals surface area (Å²) in [6.07, 6.45) is 0. The highest BCUT2D eigenvalue weighted by molar-refractivity contribution is 7.94. The molecular formula is C24H22N2O6S2. The molecule has 0 bridgehead atoms. The van der Waals surface area contributed by atoms with E-state index in [1.54, 1.807) is 35.7 Å². The third-order valence-corrected chi connectivity index (χ3v) is 7.82.